The van der Waals surface area contributed by atoms with Crippen molar-refractivity contribution in [3.05, 3.63) is 26.6 Å². The summed E-state index contributed by atoms with van der Waals surface area (Å²) in [5, 5.41) is 0.428. The van der Waals surface area contributed by atoms with Crippen molar-refractivity contribution in [2.75, 3.05) is 26.3 Å². The minimum atomic E-state index is -0.435. The Balaban J connectivity index is 1.88. The summed E-state index contributed by atoms with van der Waals surface area (Å²) in [5.41, 5.74) is 0.330. The van der Waals surface area contributed by atoms with Gasteiger partial charge in [-0.15, -0.1) is 11.3 Å². The Morgan fingerprint density at radius 3 is 2.72 bits per heavy atom. The van der Waals surface area contributed by atoms with E-state index in [4.69, 9.17) is 9.47 Å². The number of carbonyl (C=O) groups is 2. The average Bonchev–Trinajstić information content (AvgIpc) is 3.05. The second-order valence-electron chi connectivity index (χ2n) is 7.17. The third-order valence-corrected chi connectivity index (χ3v) is 6.46. The van der Waals surface area contributed by atoms with Crippen LogP contribution in [0.2, 0.25) is 0 Å². The van der Waals surface area contributed by atoms with Gasteiger partial charge in [0.1, 0.15) is 15.5 Å². The Labute approximate surface area is 173 Å². The summed E-state index contributed by atoms with van der Waals surface area (Å²) in [4.78, 5) is 47.6. The van der Waals surface area contributed by atoms with Crippen LogP contribution in [0.1, 0.15) is 60.7 Å². The van der Waals surface area contributed by atoms with Crippen LogP contribution < -0.4 is 5.56 Å². The highest BCUT2D eigenvalue weighted by Crippen LogP contribution is 2.30. The molecule has 1 fully saturated rings. The molecular weight excluding hydrogens is 394 g/mol. The van der Waals surface area contributed by atoms with E-state index in [0.717, 1.165) is 19.4 Å². The SMILES string of the molecule is CCOC(=O)c1sc2nc([C@@H](C)N3CCC[C@H](C(=O)OCC)C3)[nH]c(=O)c2c1C. The summed E-state index contributed by atoms with van der Waals surface area (Å²) >= 11 is 1.18. The number of hydrogen-bond donors (Lipinski definition) is 1. The van der Waals surface area contributed by atoms with E-state index in [2.05, 4.69) is 14.9 Å². The zero-order valence-corrected chi connectivity index (χ0v) is 18.1. The van der Waals surface area contributed by atoms with Crippen LogP contribution in [0.3, 0.4) is 0 Å². The van der Waals surface area contributed by atoms with E-state index in [1.807, 2.05) is 6.92 Å². The number of fused-ring (bicyclic) bond motifs is 1. The van der Waals surface area contributed by atoms with Gasteiger partial charge in [-0.2, -0.15) is 0 Å². The van der Waals surface area contributed by atoms with E-state index in [1.165, 1.54) is 11.3 Å². The topological polar surface area (TPSA) is 102 Å². The summed E-state index contributed by atoms with van der Waals surface area (Å²) in [7, 11) is 0. The van der Waals surface area contributed by atoms with E-state index in [9.17, 15) is 14.4 Å². The highest BCUT2D eigenvalue weighted by Gasteiger charge is 2.31. The number of ether oxygens (including phenoxy) is 2. The molecular formula is C20H27N3O5S. The lowest BCUT2D eigenvalue weighted by Gasteiger charge is -2.35. The molecule has 3 heterocycles. The van der Waals surface area contributed by atoms with Crippen LogP contribution in [0.15, 0.2) is 4.79 Å². The maximum Gasteiger partial charge on any atom is 0.348 e. The fourth-order valence-electron chi connectivity index (χ4n) is 3.73. The number of aromatic amines is 1. The predicted molar refractivity (Wildman–Crippen MR) is 110 cm³/mol. The molecule has 1 aliphatic rings. The number of esters is 2. The van der Waals surface area contributed by atoms with Gasteiger partial charge in [0, 0.05) is 6.54 Å². The molecule has 1 aliphatic heterocycles. The van der Waals surface area contributed by atoms with Crippen molar-refractivity contribution >= 4 is 33.5 Å². The third kappa shape index (κ3) is 4.35. The van der Waals surface area contributed by atoms with Gasteiger partial charge in [-0.05, 0) is 52.6 Å². The van der Waals surface area contributed by atoms with Gasteiger partial charge in [0.05, 0.1) is 30.6 Å². The van der Waals surface area contributed by atoms with Crippen molar-refractivity contribution in [2.24, 2.45) is 5.92 Å². The van der Waals surface area contributed by atoms with Gasteiger partial charge in [0.25, 0.3) is 5.56 Å². The van der Waals surface area contributed by atoms with Crippen molar-refractivity contribution < 1.29 is 19.1 Å². The van der Waals surface area contributed by atoms with Gasteiger partial charge in [-0.3, -0.25) is 14.5 Å². The predicted octanol–water partition coefficient (Wildman–Crippen LogP) is 2.81. The van der Waals surface area contributed by atoms with Gasteiger partial charge in [-0.25, -0.2) is 9.78 Å². The van der Waals surface area contributed by atoms with Crippen molar-refractivity contribution in [2.45, 2.75) is 46.6 Å². The molecule has 0 amide bonds. The number of hydrogen-bond acceptors (Lipinski definition) is 8. The number of H-pyrrole nitrogens is 1. The minimum absolute atomic E-state index is 0.166. The molecule has 29 heavy (non-hydrogen) atoms. The van der Waals surface area contributed by atoms with E-state index >= 15 is 0 Å². The molecule has 1 saturated heterocycles. The lowest BCUT2D eigenvalue weighted by atomic mass is 9.97. The molecule has 0 saturated carbocycles. The first kappa shape index (κ1) is 21.4. The first-order valence-electron chi connectivity index (χ1n) is 9.98. The fourth-order valence-corrected chi connectivity index (χ4v) is 4.82. The van der Waals surface area contributed by atoms with Crippen LogP contribution in [0.25, 0.3) is 10.2 Å². The normalized spacial score (nSPS) is 18.6. The molecule has 2 aromatic heterocycles. The monoisotopic (exact) mass is 421 g/mol. The van der Waals surface area contributed by atoms with Crippen molar-refractivity contribution in [3.8, 4) is 0 Å². The molecule has 0 spiro atoms. The molecule has 2 aromatic rings. The molecule has 1 N–H and O–H groups in total. The molecule has 2 atom stereocenters. The molecule has 0 unspecified atom stereocenters. The van der Waals surface area contributed by atoms with Crippen LogP contribution in [0, 0.1) is 12.8 Å². The number of aryl methyl sites for hydroxylation is 1. The zero-order valence-electron chi connectivity index (χ0n) is 17.2. The largest absolute Gasteiger partial charge is 0.466 e. The first-order chi connectivity index (χ1) is 13.9. The Morgan fingerprint density at radius 1 is 1.31 bits per heavy atom. The van der Waals surface area contributed by atoms with E-state index in [-0.39, 0.29) is 30.1 Å². The standard InChI is InChI=1S/C20H27N3O5S/c1-5-27-19(25)13-8-7-9-23(10-13)12(4)16-21-17(24)14-11(3)15(20(26)28-6-2)29-18(14)22-16/h12-13H,5-10H2,1-4H3,(H,21,22,24)/t12-,13+/m1/s1. The Bertz CT molecular complexity index is 967. The molecule has 158 valence electrons. The maximum absolute atomic E-state index is 12.7. The molecule has 3 rings (SSSR count). The lowest BCUT2D eigenvalue weighted by molar-refractivity contribution is -0.150. The number of nitrogens with zero attached hydrogens (tertiary/aromatic N) is 2. The Hall–Kier alpha value is -2.26. The van der Waals surface area contributed by atoms with Crippen molar-refractivity contribution in [3.63, 3.8) is 0 Å². The van der Waals surface area contributed by atoms with Crippen molar-refractivity contribution in [1.82, 2.24) is 14.9 Å². The maximum atomic E-state index is 12.7. The lowest BCUT2D eigenvalue weighted by Crippen LogP contribution is -2.41. The number of rotatable bonds is 6. The summed E-state index contributed by atoms with van der Waals surface area (Å²) in [6.07, 6.45) is 1.68. The number of thiophene rings is 1. The van der Waals surface area contributed by atoms with Gasteiger partial charge in [0.2, 0.25) is 0 Å². The number of piperidine rings is 1. The molecule has 0 aromatic carbocycles. The van der Waals surface area contributed by atoms with Crippen LogP contribution in [0.5, 0.6) is 0 Å². The Morgan fingerprint density at radius 2 is 2.03 bits per heavy atom. The number of nitrogens with one attached hydrogen (secondary N) is 1. The second kappa shape index (κ2) is 9.04. The van der Waals surface area contributed by atoms with Crippen LogP contribution in [-0.4, -0.2) is 53.1 Å². The second-order valence-corrected chi connectivity index (χ2v) is 8.17. The van der Waals surface area contributed by atoms with Gasteiger partial charge >= 0.3 is 11.9 Å². The minimum Gasteiger partial charge on any atom is -0.466 e. The summed E-state index contributed by atoms with van der Waals surface area (Å²) in [6.45, 7) is 9.28. The fraction of sp³-hybridized carbons (Fsp3) is 0.600. The summed E-state index contributed by atoms with van der Waals surface area (Å²) in [6, 6.07) is -0.169. The molecule has 8 nitrogen and oxygen atoms in total. The Kier molecular flexibility index (Phi) is 6.69. The molecule has 0 bridgehead atoms. The number of carbonyl (C=O) groups excluding carboxylic acids is 2. The zero-order chi connectivity index (χ0) is 21.1. The molecule has 9 heteroatoms. The van der Waals surface area contributed by atoms with Gasteiger partial charge in [0.15, 0.2) is 0 Å². The average molecular weight is 422 g/mol. The number of aromatic nitrogens is 2. The number of likely N-dealkylation sites (tertiary alicyclic amines) is 1. The molecule has 0 aliphatic carbocycles. The smallest absolute Gasteiger partial charge is 0.348 e. The first-order valence-corrected chi connectivity index (χ1v) is 10.8. The summed E-state index contributed by atoms with van der Waals surface area (Å²) in [5.74, 6) is -0.241. The molecule has 0 radical (unpaired) electrons. The van der Waals surface area contributed by atoms with E-state index in [0.29, 0.717) is 39.6 Å². The quantitative estimate of drug-likeness (QED) is 0.716. The van der Waals surface area contributed by atoms with Crippen LogP contribution in [0.4, 0.5) is 0 Å². The highest BCUT2D eigenvalue weighted by atomic mass is 32.1. The van der Waals surface area contributed by atoms with Crippen LogP contribution in [-0.2, 0) is 14.3 Å². The van der Waals surface area contributed by atoms with Gasteiger partial charge in [-0.1, -0.05) is 0 Å². The van der Waals surface area contributed by atoms with E-state index in [1.54, 1.807) is 20.8 Å². The third-order valence-electron chi connectivity index (χ3n) is 5.30. The highest BCUT2D eigenvalue weighted by molar-refractivity contribution is 7.20. The van der Waals surface area contributed by atoms with Gasteiger partial charge < -0.3 is 14.5 Å². The van der Waals surface area contributed by atoms with E-state index < -0.39 is 5.97 Å². The summed E-state index contributed by atoms with van der Waals surface area (Å²) < 4.78 is 10.3. The van der Waals surface area contributed by atoms with Crippen LogP contribution >= 0.6 is 11.3 Å². The van der Waals surface area contributed by atoms with Crippen molar-refractivity contribution in [1.29, 1.82) is 0 Å².